The Kier molecular flexibility index (Phi) is 4.47. The van der Waals surface area contributed by atoms with Crippen molar-refractivity contribution in [1.82, 2.24) is 4.40 Å². The Hall–Kier alpha value is -3.81. The predicted molar refractivity (Wildman–Crippen MR) is 120 cm³/mol. The van der Waals surface area contributed by atoms with Gasteiger partial charge in [-0.15, -0.1) is 0 Å². The molecular formula is C23H11Cl2NO6. The first-order chi connectivity index (χ1) is 15.3. The molecule has 0 atom stereocenters. The highest BCUT2D eigenvalue weighted by atomic mass is 35.5. The topological polar surface area (TPSA) is 109 Å². The molecule has 2 aliphatic rings. The summed E-state index contributed by atoms with van der Waals surface area (Å²) in [6.45, 7) is 0. The second kappa shape index (κ2) is 7.12. The maximum absolute atomic E-state index is 12.7. The first kappa shape index (κ1) is 20.1. The van der Waals surface area contributed by atoms with Crippen LogP contribution in [0.1, 0.15) is 10.4 Å². The van der Waals surface area contributed by atoms with Gasteiger partial charge in [0.25, 0.3) is 5.56 Å². The molecule has 0 fully saturated rings. The fourth-order valence-corrected chi connectivity index (χ4v) is 4.12. The molecule has 7 nitrogen and oxygen atoms in total. The van der Waals surface area contributed by atoms with E-state index in [9.17, 15) is 24.6 Å². The van der Waals surface area contributed by atoms with Crippen LogP contribution in [0.3, 0.4) is 0 Å². The largest absolute Gasteiger partial charge is 0.506 e. The molecule has 2 aromatic heterocycles. The molecule has 2 N–H and O–H groups in total. The Morgan fingerprint density at radius 2 is 1.75 bits per heavy atom. The highest BCUT2D eigenvalue weighted by Gasteiger charge is 2.24. The number of fused-ring (bicyclic) bond motifs is 3. The third-order valence-corrected chi connectivity index (χ3v) is 5.81. The average Bonchev–Trinajstić information content (AvgIpc) is 2.75. The molecule has 0 unspecified atom stereocenters. The van der Waals surface area contributed by atoms with Gasteiger partial charge in [-0.2, -0.15) is 0 Å². The second-order valence-corrected chi connectivity index (χ2v) is 7.91. The van der Waals surface area contributed by atoms with Crippen molar-refractivity contribution in [1.29, 1.82) is 0 Å². The van der Waals surface area contributed by atoms with Crippen molar-refractivity contribution < 1.29 is 19.4 Å². The number of carboxylic acids is 1. The third-order valence-electron chi connectivity index (χ3n) is 5.22. The van der Waals surface area contributed by atoms with Crippen molar-refractivity contribution in [2.45, 2.75) is 0 Å². The maximum atomic E-state index is 12.7. The van der Waals surface area contributed by atoms with Crippen molar-refractivity contribution in [3.05, 3.63) is 90.9 Å². The van der Waals surface area contributed by atoms with E-state index in [2.05, 4.69) is 0 Å². The van der Waals surface area contributed by atoms with E-state index in [1.807, 2.05) is 0 Å². The zero-order chi connectivity index (χ0) is 22.7. The highest BCUT2D eigenvalue weighted by Crippen LogP contribution is 2.44. The van der Waals surface area contributed by atoms with Crippen LogP contribution in [-0.4, -0.2) is 20.6 Å². The lowest BCUT2D eigenvalue weighted by Crippen LogP contribution is -2.22. The van der Waals surface area contributed by atoms with Gasteiger partial charge in [0.05, 0.1) is 15.6 Å². The molecule has 3 heterocycles. The van der Waals surface area contributed by atoms with Crippen LogP contribution in [0.25, 0.3) is 38.9 Å². The Morgan fingerprint density at radius 3 is 2.50 bits per heavy atom. The first-order valence-corrected chi connectivity index (χ1v) is 9.98. The lowest BCUT2D eigenvalue weighted by atomic mass is 9.92. The van der Waals surface area contributed by atoms with Crippen molar-refractivity contribution >= 4 is 45.7 Å². The number of hydrogen-bond donors (Lipinski definition) is 2. The fourth-order valence-electron chi connectivity index (χ4n) is 3.79. The Balaban J connectivity index is 2.08. The number of halogens is 2. The van der Waals surface area contributed by atoms with Crippen LogP contribution in [0.15, 0.2) is 68.7 Å². The van der Waals surface area contributed by atoms with Gasteiger partial charge < -0.3 is 14.6 Å². The molecule has 0 radical (unpaired) electrons. The first-order valence-electron chi connectivity index (χ1n) is 9.23. The summed E-state index contributed by atoms with van der Waals surface area (Å²) >= 11 is 12.3. The quantitative estimate of drug-likeness (QED) is 0.357. The number of phenols is 1. The van der Waals surface area contributed by atoms with Crippen LogP contribution < -0.4 is 11.0 Å². The number of aromatic hydroxyl groups is 1. The van der Waals surface area contributed by atoms with Crippen molar-refractivity contribution in [3.63, 3.8) is 0 Å². The van der Waals surface area contributed by atoms with Crippen LogP contribution in [0, 0.1) is 0 Å². The summed E-state index contributed by atoms with van der Waals surface area (Å²) in [5.41, 5.74) is 0.248. The fraction of sp³-hybridized carbons (Fsp3) is 0. The summed E-state index contributed by atoms with van der Waals surface area (Å²) in [5, 5.41) is 20.1. The van der Waals surface area contributed by atoms with Crippen molar-refractivity contribution in [2.75, 3.05) is 0 Å². The molecule has 32 heavy (non-hydrogen) atoms. The number of benzene rings is 2. The van der Waals surface area contributed by atoms with Crippen LogP contribution in [0.4, 0.5) is 0 Å². The van der Waals surface area contributed by atoms with E-state index in [0.717, 1.165) is 0 Å². The Morgan fingerprint density at radius 1 is 0.969 bits per heavy atom. The molecule has 5 rings (SSSR count). The Bertz CT molecular complexity index is 1690. The molecular weight excluding hydrogens is 457 g/mol. The smallest absolute Gasteiger partial charge is 0.341 e. The molecule has 9 heteroatoms. The molecule has 1 aliphatic carbocycles. The normalized spacial score (nSPS) is 11.4. The van der Waals surface area contributed by atoms with E-state index in [0.29, 0.717) is 27.6 Å². The maximum Gasteiger partial charge on any atom is 0.341 e. The number of carboxylic acid groups (broad SMARTS) is 1. The van der Waals surface area contributed by atoms with Crippen LogP contribution in [-0.2, 0) is 0 Å². The van der Waals surface area contributed by atoms with Gasteiger partial charge in [-0.3, -0.25) is 14.0 Å². The number of nitrogens with zero attached hydrogens (tertiary/aromatic N) is 1. The highest BCUT2D eigenvalue weighted by molar-refractivity contribution is 6.33. The molecule has 0 saturated heterocycles. The lowest BCUT2D eigenvalue weighted by Gasteiger charge is -2.18. The minimum absolute atomic E-state index is 0.0377. The third kappa shape index (κ3) is 2.94. The number of aromatic carboxylic acids is 1. The number of carbonyl (C=O) groups is 1. The Labute approximate surface area is 188 Å². The second-order valence-electron chi connectivity index (χ2n) is 7.09. The van der Waals surface area contributed by atoms with Gasteiger partial charge >= 0.3 is 5.97 Å². The summed E-state index contributed by atoms with van der Waals surface area (Å²) in [4.78, 5) is 36.7. The number of aromatic nitrogens is 1. The van der Waals surface area contributed by atoms with E-state index in [-0.39, 0.29) is 27.1 Å². The number of hydrogen-bond acceptors (Lipinski definition) is 5. The van der Waals surface area contributed by atoms with Gasteiger partial charge in [0, 0.05) is 40.4 Å². The summed E-state index contributed by atoms with van der Waals surface area (Å²) in [5.74, 6) is -1.45. The number of phenolic OH excluding ortho intramolecular Hbond substituents is 1. The molecule has 1 aromatic carbocycles. The minimum atomic E-state index is -1.39. The lowest BCUT2D eigenvalue weighted by molar-refractivity contribution is 0.0695. The monoisotopic (exact) mass is 467 g/mol. The minimum Gasteiger partial charge on any atom is -0.506 e. The van der Waals surface area contributed by atoms with E-state index in [4.69, 9.17) is 27.6 Å². The van der Waals surface area contributed by atoms with Crippen LogP contribution >= 0.6 is 23.2 Å². The SMILES string of the molecule is O=C(O)c1cc(-c2c3cc(Cl)c(=O)cc-3oc3cc(O)c(Cl)cc23)c2ccccn2c1=O. The zero-order valence-corrected chi connectivity index (χ0v) is 17.4. The standard InChI is InChI=1S/C23H11Cl2NO6/c24-14-6-11-19(8-17(14)27)32-20-9-18(28)15(25)7-12(20)21(11)10-5-13(23(30)31)22(29)26-4-2-1-3-16(10)26/h1-9,27H,(H,30,31). The van der Waals surface area contributed by atoms with Gasteiger partial charge in [-0.1, -0.05) is 29.3 Å². The van der Waals surface area contributed by atoms with Gasteiger partial charge in [-0.25, -0.2) is 4.79 Å². The van der Waals surface area contributed by atoms with Gasteiger partial charge in [-0.05, 0) is 30.3 Å². The predicted octanol–water partition coefficient (Wildman–Crippen LogP) is 4.89. The summed E-state index contributed by atoms with van der Waals surface area (Å²) in [6, 6.07) is 11.6. The zero-order valence-electron chi connectivity index (χ0n) is 15.9. The molecule has 1 aliphatic heterocycles. The van der Waals surface area contributed by atoms with E-state index in [1.54, 1.807) is 18.2 Å². The summed E-state index contributed by atoms with van der Waals surface area (Å²) in [7, 11) is 0. The van der Waals surface area contributed by atoms with E-state index in [1.165, 1.54) is 40.9 Å². The van der Waals surface area contributed by atoms with Gasteiger partial charge in [0.15, 0.2) is 0 Å². The molecule has 3 aromatic rings. The average molecular weight is 468 g/mol. The molecule has 158 valence electrons. The van der Waals surface area contributed by atoms with Gasteiger partial charge in [0.2, 0.25) is 5.43 Å². The van der Waals surface area contributed by atoms with Crippen molar-refractivity contribution in [2.24, 2.45) is 0 Å². The van der Waals surface area contributed by atoms with Crippen molar-refractivity contribution in [3.8, 4) is 28.2 Å². The molecule has 0 spiro atoms. The number of pyridine rings is 2. The van der Waals surface area contributed by atoms with E-state index >= 15 is 0 Å². The summed E-state index contributed by atoms with van der Waals surface area (Å²) in [6.07, 6.45) is 1.47. The van der Waals surface area contributed by atoms with E-state index < -0.39 is 22.5 Å². The van der Waals surface area contributed by atoms with Gasteiger partial charge in [0.1, 0.15) is 22.7 Å². The van der Waals surface area contributed by atoms with Crippen LogP contribution in [0.5, 0.6) is 5.75 Å². The number of rotatable bonds is 2. The van der Waals surface area contributed by atoms with Crippen LogP contribution in [0.2, 0.25) is 10.0 Å². The molecule has 0 amide bonds. The summed E-state index contributed by atoms with van der Waals surface area (Å²) < 4.78 is 7.06. The molecule has 0 saturated carbocycles. The molecule has 0 bridgehead atoms.